The number of hydrogen-bond acceptors (Lipinski definition) is 2. The fourth-order valence-corrected chi connectivity index (χ4v) is 2.18. The molecule has 0 spiro atoms. The third-order valence-electron chi connectivity index (χ3n) is 1.10. The van der Waals surface area contributed by atoms with Crippen LogP contribution >= 0.6 is 8.38 Å². The van der Waals surface area contributed by atoms with Crippen molar-refractivity contribution < 1.29 is 9.05 Å². The lowest BCUT2D eigenvalue weighted by molar-refractivity contribution is 0.105. The van der Waals surface area contributed by atoms with Crippen LogP contribution in [0.2, 0.25) is 0 Å². The van der Waals surface area contributed by atoms with Crippen LogP contribution < -0.4 is 0 Å². The van der Waals surface area contributed by atoms with Crippen molar-refractivity contribution in [2.75, 3.05) is 0 Å². The molecule has 0 rings (SSSR count). The lowest BCUT2D eigenvalue weighted by atomic mass is 10.2. The zero-order valence-electron chi connectivity index (χ0n) is 9.92. The minimum atomic E-state index is -0.747. The summed E-state index contributed by atoms with van der Waals surface area (Å²) in [5.41, 5.74) is 0.349. The summed E-state index contributed by atoms with van der Waals surface area (Å²) in [5, 5.41) is 0. The fourth-order valence-electron chi connectivity index (χ4n) is 0.726. The van der Waals surface area contributed by atoms with E-state index in [0.29, 0.717) is 5.66 Å². The highest BCUT2D eigenvalue weighted by Crippen LogP contribution is 2.47. The molecule has 0 aliphatic heterocycles. The van der Waals surface area contributed by atoms with Gasteiger partial charge in [-0.3, -0.25) is 0 Å². The third kappa shape index (κ3) is 7.42. The molecule has 0 bridgehead atoms. The highest BCUT2D eigenvalue weighted by atomic mass is 31.2. The average molecular weight is 206 g/mol. The molecule has 80 valence electrons. The number of hydrogen-bond donors (Lipinski definition) is 0. The molecule has 2 nitrogen and oxygen atoms in total. The molecule has 0 aromatic rings. The van der Waals surface area contributed by atoms with Crippen molar-refractivity contribution in [2.45, 2.75) is 65.8 Å². The van der Waals surface area contributed by atoms with Gasteiger partial charge in [0, 0.05) is 5.66 Å². The van der Waals surface area contributed by atoms with Crippen LogP contribution in [0.25, 0.3) is 0 Å². The van der Waals surface area contributed by atoms with Gasteiger partial charge in [0.2, 0.25) is 0 Å². The fraction of sp³-hybridized carbons (Fsp3) is 1.00. The lowest BCUT2D eigenvalue weighted by Crippen LogP contribution is -2.20. The lowest BCUT2D eigenvalue weighted by Gasteiger charge is -2.30. The van der Waals surface area contributed by atoms with E-state index in [2.05, 4.69) is 34.6 Å². The first kappa shape index (κ1) is 13.4. The van der Waals surface area contributed by atoms with Gasteiger partial charge in [-0.15, -0.1) is 0 Å². The molecule has 0 aromatic carbocycles. The van der Waals surface area contributed by atoms with Gasteiger partial charge in [-0.1, -0.05) is 13.8 Å². The molecule has 0 heterocycles. The maximum Gasteiger partial charge on any atom is 0.173 e. The highest BCUT2D eigenvalue weighted by Gasteiger charge is 2.23. The maximum absolute atomic E-state index is 5.85. The van der Waals surface area contributed by atoms with Gasteiger partial charge in [0.05, 0.1) is 11.7 Å². The van der Waals surface area contributed by atoms with Gasteiger partial charge in [0.25, 0.3) is 0 Å². The summed E-state index contributed by atoms with van der Waals surface area (Å²) in [6.45, 7) is 14.6. The summed E-state index contributed by atoms with van der Waals surface area (Å²) >= 11 is 0. The molecule has 0 radical (unpaired) electrons. The summed E-state index contributed by atoms with van der Waals surface area (Å²) in [5.74, 6) is 0. The van der Waals surface area contributed by atoms with E-state index in [4.69, 9.17) is 9.05 Å². The van der Waals surface area contributed by atoms with Crippen LogP contribution in [0, 0.1) is 0 Å². The molecule has 0 aromatic heterocycles. The molecule has 0 saturated carbocycles. The smallest absolute Gasteiger partial charge is 0.173 e. The Hall–Kier alpha value is 0.350. The second kappa shape index (κ2) is 5.29. The van der Waals surface area contributed by atoms with Crippen molar-refractivity contribution in [3.8, 4) is 0 Å². The Kier molecular flexibility index (Phi) is 5.43. The summed E-state index contributed by atoms with van der Waals surface area (Å²) < 4.78 is 11.6. The number of rotatable bonds is 4. The third-order valence-corrected chi connectivity index (χ3v) is 3.30. The van der Waals surface area contributed by atoms with Crippen molar-refractivity contribution in [2.24, 2.45) is 0 Å². The van der Waals surface area contributed by atoms with Crippen LogP contribution in [0.4, 0.5) is 0 Å². The van der Waals surface area contributed by atoms with Crippen LogP contribution in [0.5, 0.6) is 0 Å². The normalized spacial score (nSPS) is 15.5. The first-order valence-corrected chi connectivity index (χ1v) is 6.12. The minimum Gasteiger partial charge on any atom is -0.331 e. The predicted octanol–water partition coefficient (Wildman–Crippen LogP) is 3.95. The maximum atomic E-state index is 5.85. The molecular formula is C10H23O2P. The summed E-state index contributed by atoms with van der Waals surface area (Å²) in [6.07, 6.45) is 0.246. The van der Waals surface area contributed by atoms with Crippen LogP contribution in [-0.2, 0) is 9.05 Å². The Labute approximate surface area is 83.9 Å². The van der Waals surface area contributed by atoms with Crippen LogP contribution in [0.15, 0.2) is 0 Å². The summed E-state index contributed by atoms with van der Waals surface area (Å²) in [7, 11) is -0.747. The Balaban J connectivity index is 4.11. The SMILES string of the molecule is CC(C)OP(OC(C)(C)C)C(C)C. The Bertz CT molecular complexity index is 138. The second-order valence-electron chi connectivity index (χ2n) is 4.74. The minimum absolute atomic E-state index is 0.106. The Morgan fingerprint density at radius 1 is 1.00 bits per heavy atom. The van der Waals surface area contributed by atoms with E-state index in [9.17, 15) is 0 Å². The molecule has 0 amide bonds. The van der Waals surface area contributed by atoms with Crippen LogP contribution in [0.1, 0.15) is 48.5 Å². The molecule has 0 aliphatic carbocycles. The largest absolute Gasteiger partial charge is 0.331 e. The molecule has 1 unspecified atom stereocenters. The Morgan fingerprint density at radius 2 is 1.46 bits per heavy atom. The van der Waals surface area contributed by atoms with Crippen molar-refractivity contribution in [3.05, 3.63) is 0 Å². The monoisotopic (exact) mass is 206 g/mol. The molecule has 1 atom stereocenters. The van der Waals surface area contributed by atoms with Gasteiger partial charge in [0.15, 0.2) is 8.38 Å². The summed E-state index contributed by atoms with van der Waals surface area (Å²) in [6, 6.07) is 0. The van der Waals surface area contributed by atoms with Gasteiger partial charge in [-0.05, 0) is 34.6 Å². The molecule has 0 fully saturated rings. The van der Waals surface area contributed by atoms with Crippen LogP contribution in [0.3, 0.4) is 0 Å². The van der Waals surface area contributed by atoms with Crippen molar-refractivity contribution in [1.82, 2.24) is 0 Å². The molecule has 0 aliphatic rings. The van der Waals surface area contributed by atoms with Crippen LogP contribution in [-0.4, -0.2) is 17.4 Å². The van der Waals surface area contributed by atoms with E-state index >= 15 is 0 Å². The van der Waals surface area contributed by atoms with E-state index in [-0.39, 0.29) is 11.7 Å². The van der Waals surface area contributed by atoms with Crippen molar-refractivity contribution in [1.29, 1.82) is 0 Å². The van der Waals surface area contributed by atoms with Gasteiger partial charge >= 0.3 is 0 Å². The summed E-state index contributed by atoms with van der Waals surface area (Å²) in [4.78, 5) is 0. The quantitative estimate of drug-likeness (QED) is 0.648. The van der Waals surface area contributed by atoms with E-state index in [1.165, 1.54) is 0 Å². The topological polar surface area (TPSA) is 18.5 Å². The first-order chi connectivity index (χ1) is 5.72. The molecule has 0 saturated heterocycles. The first-order valence-electron chi connectivity index (χ1n) is 4.87. The zero-order chi connectivity index (χ0) is 10.6. The standard InChI is InChI=1S/C10H23O2P/c1-8(2)11-13(9(3)4)12-10(5,6)7/h8-9H,1-7H3. The van der Waals surface area contributed by atoms with Crippen molar-refractivity contribution in [3.63, 3.8) is 0 Å². The van der Waals surface area contributed by atoms with Gasteiger partial charge in [-0.2, -0.15) is 0 Å². The molecular weight excluding hydrogens is 183 g/mol. The average Bonchev–Trinajstić information content (AvgIpc) is 1.81. The van der Waals surface area contributed by atoms with Crippen molar-refractivity contribution >= 4 is 8.38 Å². The van der Waals surface area contributed by atoms with E-state index < -0.39 is 8.38 Å². The van der Waals surface area contributed by atoms with Gasteiger partial charge < -0.3 is 9.05 Å². The molecule has 0 N–H and O–H groups in total. The molecule has 3 heteroatoms. The van der Waals surface area contributed by atoms with Gasteiger partial charge in [0.1, 0.15) is 0 Å². The predicted molar refractivity (Wildman–Crippen MR) is 59.1 cm³/mol. The van der Waals surface area contributed by atoms with E-state index in [1.54, 1.807) is 0 Å². The van der Waals surface area contributed by atoms with E-state index in [0.717, 1.165) is 0 Å². The second-order valence-corrected chi connectivity index (χ2v) is 6.73. The van der Waals surface area contributed by atoms with E-state index in [1.807, 2.05) is 13.8 Å². The molecule has 13 heavy (non-hydrogen) atoms. The Morgan fingerprint density at radius 3 is 1.69 bits per heavy atom. The highest BCUT2D eigenvalue weighted by molar-refractivity contribution is 7.48. The zero-order valence-corrected chi connectivity index (χ0v) is 10.8. The van der Waals surface area contributed by atoms with Gasteiger partial charge in [-0.25, -0.2) is 0 Å².